The lowest BCUT2D eigenvalue weighted by atomic mass is 10.2. The summed E-state index contributed by atoms with van der Waals surface area (Å²) in [5.41, 5.74) is 1.16. The third kappa shape index (κ3) is 6.72. The summed E-state index contributed by atoms with van der Waals surface area (Å²) >= 11 is 1.01. The zero-order valence-corrected chi connectivity index (χ0v) is 19.1. The highest BCUT2D eigenvalue weighted by atomic mass is 32.2. The smallest absolute Gasteiger partial charge is 0.305 e. The van der Waals surface area contributed by atoms with E-state index in [1.165, 1.54) is 20.4 Å². The molecule has 0 radical (unpaired) electrons. The van der Waals surface area contributed by atoms with Crippen LogP contribution in [0.15, 0.2) is 52.7 Å². The van der Waals surface area contributed by atoms with Crippen LogP contribution < -0.4 is 24.8 Å². The first kappa shape index (κ1) is 24.6. The van der Waals surface area contributed by atoms with Crippen LogP contribution in [0.5, 0.6) is 17.2 Å². The summed E-state index contributed by atoms with van der Waals surface area (Å²) in [6.45, 7) is -0.246. The van der Waals surface area contributed by atoms with Gasteiger partial charge in [-0.1, -0.05) is 23.9 Å². The van der Waals surface area contributed by atoms with Crippen LogP contribution >= 0.6 is 11.8 Å². The van der Waals surface area contributed by atoms with Crippen LogP contribution in [-0.4, -0.2) is 60.3 Å². The molecule has 0 aliphatic carbocycles. The minimum atomic E-state index is -1.07. The Morgan fingerprint density at radius 3 is 2.65 bits per heavy atom. The lowest BCUT2D eigenvalue weighted by Gasteiger charge is -2.12. The van der Waals surface area contributed by atoms with E-state index in [0.717, 1.165) is 11.8 Å². The highest BCUT2D eigenvalue weighted by Crippen LogP contribution is 2.28. The Hall–Kier alpha value is -4.06. The topological polar surface area (TPSA) is 148 Å². The zero-order valence-electron chi connectivity index (χ0n) is 18.3. The third-order valence-electron chi connectivity index (χ3n) is 4.42. The first-order valence-electron chi connectivity index (χ1n) is 9.93. The van der Waals surface area contributed by atoms with Crippen LogP contribution in [-0.2, 0) is 14.4 Å². The number of rotatable bonds is 10. The maximum absolute atomic E-state index is 12.3. The van der Waals surface area contributed by atoms with Gasteiger partial charge < -0.3 is 30.0 Å². The number of hydrogen-bond donors (Lipinski definition) is 3. The molecule has 2 aromatic rings. The molecule has 3 N–H and O–H groups in total. The van der Waals surface area contributed by atoms with E-state index in [4.69, 9.17) is 19.3 Å². The van der Waals surface area contributed by atoms with Crippen LogP contribution in [0.4, 0.5) is 5.69 Å². The van der Waals surface area contributed by atoms with Crippen LogP contribution in [0.3, 0.4) is 0 Å². The Morgan fingerprint density at radius 2 is 1.91 bits per heavy atom. The Morgan fingerprint density at radius 1 is 1.15 bits per heavy atom. The second-order valence-corrected chi connectivity index (χ2v) is 7.98. The molecule has 0 saturated carbocycles. The molecule has 1 heterocycles. The van der Waals surface area contributed by atoms with Crippen LogP contribution in [0.2, 0.25) is 0 Å². The monoisotopic (exact) mass is 486 g/mol. The first-order chi connectivity index (χ1) is 16.4. The maximum Gasteiger partial charge on any atom is 0.305 e. The quantitative estimate of drug-likeness (QED) is 0.342. The van der Waals surface area contributed by atoms with Gasteiger partial charge in [-0.25, -0.2) is 0 Å². The second-order valence-electron chi connectivity index (χ2n) is 6.79. The molecule has 1 fully saturated rings. The molecule has 1 saturated heterocycles. The molecule has 178 valence electrons. The molecule has 11 nitrogen and oxygen atoms in total. The Kier molecular flexibility index (Phi) is 8.46. The predicted molar refractivity (Wildman–Crippen MR) is 127 cm³/mol. The summed E-state index contributed by atoms with van der Waals surface area (Å²) < 4.78 is 16.1. The number of amides is 2. The number of thioether (sulfide) groups is 1. The molecule has 1 unspecified atom stereocenters. The number of carboxylic acids is 1. The molecule has 1 aliphatic rings. The van der Waals surface area contributed by atoms with Crippen LogP contribution in [0, 0.1) is 0 Å². The van der Waals surface area contributed by atoms with E-state index in [0.29, 0.717) is 28.5 Å². The largest absolute Gasteiger partial charge is 0.495 e. The van der Waals surface area contributed by atoms with Crippen LogP contribution in [0.1, 0.15) is 12.0 Å². The number of amidine groups is 1. The number of carboxylic acid groups (broad SMARTS) is 1. The van der Waals surface area contributed by atoms with Crippen molar-refractivity contribution in [3.8, 4) is 17.2 Å². The summed E-state index contributed by atoms with van der Waals surface area (Å²) in [5, 5.41) is 21.3. The number of nitrogens with zero attached hydrogens (tertiary/aromatic N) is 2. The number of hydrogen-bond acceptors (Lipinski definition) is 9. The zero-order chi connectivity index (χ0) is 24.5. The predicted octanol–water partition coefficient (Wildman–Crippen LogP) is 2.12. The number of benzene rings is 2. The average molecular weight is 487 g/mol. The second kappa shape index (κ2) is 11.7. The number of carbonyl (C=O) groups is 3. The van der Waals surface area contributed by atoms with Gasteiger partial charge in [-0.3, -0.25) is 14.4 Å². The number of anilines is 1. The van der Waals surface area contributed by atoms with Gasteiger partial charge >= 0.3 is 5.97 Å². The minimum absolute atomic E-state index is 0.223. The molecule has 0 spiro atoms. The standard InChI is InChI=1S/C22H22N4O7S/c1-31-15-6-4-3-5-14(15)24-19(27)12-33-16-8-7-13(9-17(16)32-2)11-23-26-22-25-21(30)18(34-22)10-20(28)29/h3-9,11,18H,10,12H2,1-2H3,(H,24,27)(H,28,29)(H,25,26,30). The highest BCUT2D eigenvalue weighted by molar-refractivity contribution is 8.15. The molecule has 2 aromatic carbocycles. The normalized spacial score (nSPS) is 16.4. The lowest BCUT2D eigenvalue weighted by Crippen LogP contribution is -2.26. The van der Waals surface area contributed by atoms with Crippen molar-refractivity contribution in [3.05, 3.63) is 48.0 Å². The van der Waals surface area contributed by atoms with Gasteiger partial charge in [0.25, 0.3) is 5.91 Å². The fraction of sp³-hybridized carbons (Fsp3) is 0.227. The third-order valence-corrected chi connectivity index (χ3v) is 5.49. The molecular formula is C22H22N4O7S. The fourth-order valence-corrected chi connectivity index (χ4v) is 3.77. The SMILES string of the molecule is COc1ccccc1NC(=O)COc1ccc(C=NN=C2NC(=O)C(CC(=O)O)S2)cc1OC. The van der Waals surface area contributed by atoms with Gasteiger partial charge in [0.15, 0.2) is 23.3 Å². The Bertz CT molecular complexity index is 1140. The molecule has 1 aliphatic heterocycles. The summed E-state index contributed by atoms with van der Waals surface area (Å²) in [4.78, 5) is 34.8. The van der Waals surface area contributed by atoms with Crippen molar-refractivity contribution >= 4 is 46.6 Å². The number of methoxy groups -OCH3 is 2. The van der Waals surface area contributed by atoms with Gasteiger partial charge in [0.1, 0.15) is 11.0 Å². The van der Waals surface area contributed by atoms with Crippen molar-refractivity contribution in [1.29, 1.82) is 0 Å². The Balaban J connectivity index is 1.58. The molecule has 1 atom stereocenters. The molecule has 12 heteroatoms. The minimum Gasteiger partial charge on any atom is -0.495 e. The van der Waals surface area contributed by atoms with Gasteiger partial charge in [0.05, 0.1) is 32.5 Å². The van der Waals surface area contributed by atoms with Gasteiger partial charge in [0, 0.05) is 0 Å². The van der Waals surface area contributed by atoms with Gasteiger partial charge in [-0.2, -0.15) is 5.10 Å². The van der Waals surface area contributed by atoms with Crippen molar-refractivity contribution in [2.45, 2.75) is 11.7 Å². The van der Waals surface area contributed by atoms with Gasteiger partial charge in [-0.15, -0.1) is 5.10 Å². The van der Waals surface area contributed by atoms with Crippen molar-refractivity contribution < 1.29 is 33.7 Å². The van der Waals surface area contributed by atoms with E-state index >= 15 is 0 Å². The number of carbonyl (C=O) groups excluding carboxylic acids is 2. The molecule has 2 amide bonds. The van der Waals surface area contributed by atoms with E-state index in [9.17, 15) is 14.4 Å². The van der Waals surface area contributed by atoms with Gasteiger partial charge in [-0.05, 0) is 35.9 Å². The summed E-state index contributed by atoms with van der Waals surface area (Å²) in [7, 11) is 2.98. The molecule has 0 aromatic heterocycles. The number of ether oxygens (including phenoxy) is 3. The molecular weight excluding hydrogens is 464 g/mol. The van der Waals surface area contributed by atoms with E-state index in [1.54, 1.807) is 42.5 Å². The molecule has 3 rings (SSSR count). The van der Waals surface area contributed by atoms with Gasteiger partial charge in [0.2, 0.25) is 5.91 Å². The summed E-state index contributed by atoms with van der Waals surface area (Å²) in [6.07, 6.45) is 1.14. The van der Waals surface area contributed by atoms with E-state index in [-0.39, 0.29) is 24.1 Å². The number of aliphatic carboxylic acids is 1. The van der Waals surface area contributed by atoms with Crippen molar-refractivity contribution in [2.75, 3.05) is 26.1 Å². The fourth-order valence-electron chi connectivity index (χ4n) is 2.85. The summed E-state index contributed by atoms with van der Waals surface area (Å²) in [6, 6.07) is 12.0. The molecule has 34 heavy (non-hydrogen) atoms. The lowest BCUT2D eigenvalue weighted by molar-refractivity contribution is -0.138. The Labute approximate surface area is 199 Å². The number of nitrogens with one attached hydrogen (secondary N) is 2. The van der Waals surface area contributed by atoms with Crippen molar-refractivity contribution in [1.82, 2.24) is 5.32 Å². The first-order valence-corrected chi connectivity index (χ1v) is 10.8. The van der Waals surface area contributed by atoms with Crippen LogP contribution in [0.25, 0.3) is 0 Å². The summed E-state index contributed by atoms with van der Waals surface area (Å²) in [5.74, 6) is -0.578. The highest BCUT2D eigenvalue weighted by Gasteiger charge is 2.32. The van der Waals surface area contributed by atoms with Crippen molar-refractivity contribution in [2.24, 2.45) is 10.2 Å². The maximum atomic E-state index is 12.3. The van der Waals surface area contributed by atoms with E-state index < -0.39 is 17.1 Å². The molecule has 0 bridgehead atoms. The van der Waals surface area contributed by atoms with E-state index in [2.05, 4.69) is 20.8 Å². The average Bonchev–Trinajstić information content (AvgIpc) is 3.16. The van der Waals surface area contributed by atoms with E-state index in [1.807, 2.05) is 0 Å². The van der Waals surface area contributed by atoms with Crippen molar-refractivity contribution in [3.63, 3.8) is 0 Å². The number of para-hydroxylation sites is 2.